The van der Waals surface area contributed by atoms with Crippen LogP contribution in [0.3, 0.4) is 0 Å². The molecule has 114 valence electrons. The van der Waals surface area contributed by atoms with E-state index >= 15 is 0 Å². The fraction of sp³-hybridized carbons (Fsp3) is 0.857. The molecule has 0 aromatic rings. The minimum Gasteiger partial charge on any atom is -0.481 e. The molecule has 0 saturated heterocycles. The third kappa shape index (κ3) is 4.04. The van der Waals surface area contributed by atoms with Gasteiger partial charge in [0.05, 0.1) is 5.92 Å². The molecule has 2 rings (SSSR count). The zero-order chi connectivity index (χ0) is 14.5. The number of carbonyl (C=O) groups is 2. The molecule has 2 unspecified atom stereocenters. The first-order valence-electron chi connectivity index (χ1n) is 7.42. The predicted octanol–water partition coefficient (Wildman–Crippen LogP) is 2.21. The Hall–Kier alpha value is -0.910. The van der Waals surface area contributed by atoms with Gasteiger partial charge in [-0.3, -0.25) is 4.79 Å². The van der Waals surface area contributed by atoms with Crippen molar-refractivity contribution in [2.24, 2.45) is 5.92 Å². The number of urea groups is 1. The maximum absolute atomic E-state index is 12.0. The normalized spacial score (nSPS) is 33.6. The summed E-state index contributed by atoms with van der Waals surface area (Å²) in [5.74, 6) is -1.04. The lowest BCUT2D eigenvalue weighted by molar-refractivity contribution is -0.141. The van der Waals surface area contributed by atoms with Crippen LogP contribution in [-0.2, 0) is 4.79 Å². The molecule has 2 fully saturated rings. The van der Waals surface area contributed by atoms with Crippen molar-refractivity contribution in [2.45, 2.75) is 62.3 Å². The highest BCUT2D eigenvalue weighted by molar-refractivity contribution is 7.99. The van der Waals surface area contributed by atoms with Gasteiger partial charge in [0.25, 0.3) is 0 Å². The SMILES string of the molecule is CSC1CCCCC1NC(=O)N[C@H]1CC[C@@H](C(=O)O)C1. The van der Waals surface area contributed by atoms with Crippen molar-refractivity contribution in [3.8, 4) is 0 Å². The average molecular weight is 300 g/mol. The Morgan fingerprint density at radius 3 is 2.50 bits per heavy atom. The van der Waals surface area contributed by atoms with E-state index in [1.165, 1.54) is 12.8 Å². The molecule has 2 aliphatic rings. The van der Waals surface area contributed by atoms with E-state index in [0.717, 1.165) is 19.3 Å². The Morgan fingerprint density at radius 1 is 1.10 bits per heavy atom. The minimum atomic E-state index is -0.746. The van der Waals surface area contributed by atoms with Gasteiger partial charge in [-0.25, -0.2) is 4.79 Å². The monoisotopic (exact) mass is 300 g/mol. The molecule has 20 heavy (non-hydrogen) atoms. The summed E-state index contributed by atoms with van der Waals surface area (Å²) in [6.45, 7) is 0. The second-order valence-corrected chi connectivity index (χ2v) is 6.90. The van der Waals surface area contributed by atoms with Gasteiger partial charge in [0.2, 0.25) is 0 Å². The van der Waals surface area contributed by atoms with Crippen molar-refractivity contribution in [3.05, 3.63) is 0 Å². The molecule has 0 aromatic heterocycles. The highest BCUT2D eigenvalue weighted by Crippen LogP contribution is 2.28. The molecular weight excluding hydrogens is 276 g/mol. The Balaban J connectivity index is 1.76. The molecule has 0 heterocycles. The van der Waals surface area contributed by atoms with Crippen molar-refractivity contribution in [3.63, 3.8) is 0 Å². The number of carboxylic acids is 1. The lowest BCUT2D eigenvalue weighted by atomic mass is 9.95. The zero-order valence-corrected chi connectivity index (χ0v) is 12.7. The first-order chi connectivity index (χ1) is 9.60. The van der Waals surface area contributed by atoms with Gasteiger partial charge in [0, 0.05) is 17.3 Å². The van der Waals surface area contributed by atoms with E-state index in [1.807, 2.05) is 11.8 Å². The van der Waals surface area contributed by atoms with E-state index in [9.17, 15) is 9.59 Å². The first-order valence-corrected chi connectivity index (χ1v) is 8.71. The minimum absolute atomic E-state index is 0.00687. The van der Waals surface area contributed by atoms with Crippen LogP contribution in [0.4, 0.5) is 4.79 Å². The molecular formula is C14H24N2O3S. The van der Waals surface area contributed by atoms with Crippen molar-refractivity contribution in [1.82, 2.24) is 10.6 Å². The molecule has 2 saturated carbocycles. The van der Waals surface area contributed by atoms with E-state index in [4.69, 9.17) is 5.11 Å². The highest BCUT2D eigenvalue weighted by atomic mass is 32.2. The molecule has 2 amide bonds. The second-order valence-electron chi connectivity index (χ2n) is 5.83. The molecule has 0 aliphatic heterocycles. The van der Waals surface area contributed by atoms with Crippen molar-refractivity contribution >= 4 is 23.8 Å². The summed E-state index contributed by atoms with van der Waals surface area (Å²) >= 11 is 1.82. The number of rotatable bonds is 4. The summed E-state index contributed by atoms with van der Waals surface area (Å²) in [5, 5.41) is 15.5. The summed E-state index contributed by atoms with van der Waals surface area (Å²) in [6, 6.07) is 0.120. The van der Waals surface area contributed by atoms with Crippen LogP contribution in [-0.4, -0.2) is 40.7 Å². The summed E-state index contributed by atoms with van der Waals surface area (Å²) < 4.78 is 0. The molecule has 4 atom stereocenters. The van der Waals surface area contributed by atoms with Crippen LogP contribution in [0.25, 0.3) is 0 Å². The van der Waals surface area contributed by atoms with Gasteiger partial charge in [-0.15, -0.1) is 0 Å². The summed E-state index contributed by atoms with van der Waals surface area (Å²) in [6.07, 6.45) is 8.70. The molecule has 0 radical (unpaired) electrons. The van der Waals surface area contributed by atoms with E-state index in [0.29, 0.717) is 18.1 Å². The molecule has 6 heteroatoms. The van der Waals surface area contributed by atoms with Gasteiger partial charge in [-0.1, -0.05) is 12.8 Å². The quantitative estimate of drug-likeness (QED) is 0.744. The number of amides is 2. The lowest BCUT2D eigenvalue weighted by Gasteiger charge is -2.31. The van der Waals surface area contributed by atoms with Crippen LogP contribution < -0.4 is 10.6 Å². The van der Waals surface area contributed by atoms with E-state index in [2.05, 4.69) is 16.9 Å². The average Bonchev–Trinajstić information content (AvgIpc) is 2.88. The molecule has 0 bridgehead atoms. The summed E-state index contributed by atoms with van der Waals surface area (Å²) in [7, 11) is 0. The number of hydrogen-bond acceptors (Lipinski definition) is 3. The number of carboxylic acid groups (broad SMARTS) is 1. The highest BCUT2D eigenvalue weighted by Gasteiger charge is 2.31. The fourth-order valence-corrected chi connectivity index (χ4v) is 4.21. The maximum atomic E-state index is 12.0. The third-order valence-corrected chi connectivity index (χ3v) is 5.61. The molecule has 0 spiro atoms. The zero-order valence-electron chi connectivity index (χ0n) is 11.9. The summed E-state index contributed by atoms with van der Waals surface area (Å²) in [4.78, 5) is 22.9. The van der Waals surface area contributed by atoms with Crippen LogP contribution in [0, 0.1) is 5.92 Å². The van der Waals surface area contributed by atoms with Crippen LogP contribution in [0.1, 0.15) is 44.9 Å². The van der Waals surface area contributed by atoms with Gasteiger partial charge in [-0.2, -0.15) is 11.8 Å². The van der Waals surface area contributed by atoms with Crippen LogP contribution in [0.15, 0.2) is 0 Å². The van der Waals surface area contributed by atoms with Crippen molar-refractivity contribution in [1.29, 1.82) is 0 Å². The Labute approximate surface area is 124 Å². The predicted molar refractivity (Wildman–Crippen MR) is 80.0 cm³/mol. The smallest absolute Gasteiger partial charge is 0.315 e. The van der Waals surface area contributed by atoms with E-state index < -0.39 is 5.97 Å². The van der Waals surface area contributed by atoms with Crippen LogP contribution >= 0.6 is 11.8 Å². The molecule has 0 aromatic carbocycles. The van der Waals surface area contributed by atoms with Crippen LogP contribution in [0.2, 0.25) is 0 Å². The van der Waals surface area contributed by atoms with Gasteiger partial charge >= 0.3 is 12.0 Å². The molecule has 2 aliphatic carbocycles. The first kappa shape index (κ1) is 15.5. The molecule has 5 nitrogen and oxygen atoms in total. The second kappa shape index (κ2) is 7.20. The number of thioether (sulfide) groups is 1. The van der Waals surface area contributed by atoms with Crippen molar-refractivity contribution < 1.29 is 14.7 Å². The number of aliphatic carboxylic acids is 1. The third-order valence-electron chi connectivity index (χ3n) is 4.44. The van der Waals surface area contributed by atoms with E-state index in [1.54, 1.807) is 0 Å². The van der Waals surface area contributed by atoms with Crippen molar-refractivity contribution in [2.75, 3.05) is 6.26 Å². The van der Waals surface area contributed by atoms with Crippen LogP contribution in [0.5, 0.6) is 0 Å². The van der Waals surface area contributed by atoms with Gasteiger partial charge in [-0.05, 0) is 38.4 Å². The Morgan fingerprint density at radius 2 is 1.85 bits per heavy atom. The Bertz CT molecular complexity index is 364. The molecule has 3 N–H and O–H groups in total. The Kier molecular flexibility index (Phi) is 5.57. The van der Waals surface area contributed by atoms with Gasteiger partial charge in [0.1, 0.15) is 0 Å². The van der Waals surface area contributed by atoms with Gasteiger partial charge in [0.15, 0.2) is 0 Å². The summed E-state index contributed by atoms with van der Waals surface area (Å²) in [5.41, 5.74) is 0. The van der Waals surface area contributed by atoms with E-state index in [-0.39, 0.29) is 24.0 Å². The number of hydrogen-bond donors (Lipinski definition) is 3. The fourth-order valence-electron chi connectivity index (χ4n) is 3.28. The standard InChI is InChI=1S/C14H24N2O3S/c1-20-12-5-3-2-4-11(12)16-14(19)15-10-7-6-9(8-10)13(17)18/h9-12H,2-8H2,1H3,(H,17,18)(H2,15,16,19)/t9-,10+,11?,12?/m1/s1. The topological polar surface area (TPSA) is 78.4 Å². The number of carbonyl (C=O) groups excluding carboxylic acids is 1. The largest absolute Gasteiger partial charge is 0.481 e. The lowest BCUT2D eigenvalue weighted by Crippen LogP contribution is -2.50. The maximum Gasteiger partial charge on any atom is 0.315 e. The van der Waals surface area contributed by atoms with Gasteiger partial charge < -0.3 is 15.7 Å². The number of nitrogens with one attached hydrogen (secondary N) is 2.